The molecule has 1 unspecified atom stereocenters. The molecular weight excluding hydrogens is 317 g/mol. The van der Waals surface area contributed by atoms with Crippen molar-refractivity contribution < 1.29 is 32.6 Å². The van der Waals surface area contributed by atoms with Gasteiger partial charge in [-0.1, -0.05) is 19.8 Å². The van der Waals surface area contributed by atoms with E-state index in [1.807, 2.05) is 6.92 Å². The van der Waals surface area contributed by atoms with Crippen LogP contribution in [0.4, 0.5) is 13.2 Å². The summed E-state index contributed by atoms with van der Waals surface area (Å²) < 4.78 is 41.1. The molecule has 23 heavy (non-hydrogen) atoms. The van der Waals surface area contributed by atoms with Crippen LogP contribution in [-0.4, -0.2) is 40.8 Å². The van der Waals surface area contributed by atoms with Gasteiger partial charge in [-0.25, -0.2) is 9.78 Å². The van der Waals surface area contributed by atoms with E-state index >= 15 is 0 Å². The number of alkyl halides is 3. The molecule has 9 heteroatoms. The molecule has 6 nitrogen and oxygen atoms in total. The van der Waals surface area contributed by atoms with E-state index in [4.69, 9.17) is 5.11 Å². The highest BCUT2D eigenvalue weighted by atomic mass is 19.4. The Balaban J connectivity index is 2.84. The minimum Gasteiger partial charge on any atom is -0.480 e. The van der Waals surface area contributed by atoms with Crippen LogP contribution in [0, 0.1) is 0 Å². The van der Waals surface area contributed by atoms with E-state index in [9.17, 15) is 22.8 Å². The molecule has 0 aliphatic heterocycles. The maximum Gasteiger partial charge on any atom is 0.422 e. The maximum atomic E-state index is 12.2. The Morgan fingerprint density at radius 3 is 2.70 bits per heavy atom. The number of aliphatic carboxylic acids is 1. The van der Waals surface area contributed by atoms with Crippen molar-refractivity contribution in [3.05, 3.63) is 23.9 Å². The molecule has 0 aromatic carbocycles. The maximum absolute atomic E-state index is 12.2. The molecule has 1 aromatic heterocycles. The summed E-state index contributed by atoms with van der Waals surface area (Å²) >= 11 is 0. The monoisotopic (exact) mass is 334 g/mol. The van der Waals surface area contributed by atoms with Crippen molar-refractivity contribution in [3.8, 4) is 5.88 Å². The number of hydrogen-bond acceptors (Lipinski definition) is 4. The zero-order chi connectivity index (χ0) is 17.5. The lowest BCUT2D eigenvalue weighted by molar-refractivity contribution is -0.154. The molecule has 0 fully saturated rings. The molecule has 0 radical (unpaired) electrons. The summed E-state index contributed by atoms with van der Waals surface area (Å²) in [5.41, 5.74) is -0.250. The summed E-state index contributed by atoms with van der Waals surface area (Å²) in [5.74, 6) is -2.56. The molecule has 0 saturated heterocycles. The summed E-state index contributed by atoms with van der Waals surface area (Å²) in [7, 11) is 0. The first-order valence-electron chi connectivity index (χ1n) is 6.93. The van der Waals surface area contributed by atoms with E-state index in [1.54, 1.807) is 0 Å². The van der Waals surface area contributed by atoms with Gasteiger partial charge >= 0.3 is 12.1 Å². The summed E-state index contributed by atoms with van der Waals surface area (Å²) in [6.07, 6.45) is -1.85. The standard InChI is InChI=1S/C14H17F3N2O4/c1-2-3-6-10(13(21)22)19-11(20)9-5-4-7-18-12(9)23-8-14(15,16)17/h4-5,7,10H,2-3,6,8H2,1H3,(H,19,20)(H,21,22). The second-order valence-corrected chi connectivity index (χ2v) is 4.77. The molecule has 0 bridgehead atoms. The SMILES string of the molecule is CCCCC(NC(=O)c1cccnc1OCC(F)(F)F)C(=O)O. The zero-order valence-electron chi connectivity index (χ0n) is 12.4. The Hall–Kier alpha value is -2.32. The molecule has 1 heterocycles. The molecule has 0 spiro atoms. The highest BCUT2D eigenvalue weighted by Crippen LogP contribution is 2.20. The molecule has 1 amide bonds. The Labute approximate surface area is 130 Å². The number of unbranched alkanes of at least 4 members (excludes halogenated alkanes) is 1. The minimum absolute atomic E-state index is 0.219. The molecule has 0 aliphatic carbocycles. The van der Waals surface area contributed by atoms with Crippen LogP contribution in [0.3, 0.4) is 0 Å². The van der Waals surface area contributed by atoms with E-state index in [0.717, 1.165) is 6.42 Å². The van der Waals surface area contributed by atoms with Gasteiger partial charge in [-0.15, -0.1) is 0 Å². The van der Waals surface area contributed by atoms with Gasteiger partial charge in [0.15, 0.2) is 6.61 Å². The van der Waals surface area contributed by atoms with Gasteiger partial charge in [0, 0.05) is 6.20 Å². The Morgan fingerprint density at radius 1 is 1.43 bits per heavy atom. The number of pyridine rings is 1. The first-order valence-corrected chi connectivity index (χ1v) is 6.93. The number of rotatable bonds is 8. The normalized spacial score (nSPS) is 12.5. The molecule has 1 aromatic rings. The van der Waals surface area contributed by atoms with E-state index in [2.05, 4.69) is 15.0 Å². The van der Waals surface area contributed by atoms with Gasteiger partial charge < -0.3 is 15.2 Å². The van der Waals surface area contributed by atoms with Crippen LogP contribution in [-0.2, 0) is 4.79 Å². The van der Waals surface area contributed by atoms with Gasteiger partial charge in [0.05, 0.1) is 0 Å². The topological polar surface area (TPSA) is 88.5 Å². The average molecular weight is 334 g/mol. The van der Waals surface area contributed by atoms with Crippen LogP contribution < -0.4 is 10.1 Å². The molecule has 1 atom stereocenters. The van der Waals surface area contributed by atoms with Crippen molar-refractivity contribution in [2.45, 2.75) is 38.4 Å². The van der Waals surface area contributed by atoms with Crippen molar-refractivity contribution in [1.29, 1.82) is 0 Å². The second kappa shape index (κ2) is 8.35. The number of nitrogens with one attached hydrogen (secondary N) is 1. The average Bonchev–Trinajstić information content (AvgIpc) is 2.48. The molecular formula is C14H17F3N2O4. The number of aromatic nitrogens is 1. The number of carboxylic acids is 1. The van der Waals surface area contributed by atoms with Crippen molar-refractivity contribution in [1.82, 2.24) is 10.3 Å². The fourth-order valence-corrected chi connectivity index (χ4v) is 1.73. The second-order valence-electron chi connectivity index (χ2n) is 4.77. The molecule has 0 saturated carbocycles. The Bertz CT molecular complexity index is 549. The first-order chi connectivity index (χ1) is 10.7. The Kier molecular flexibility index (Phi) is 6.80. The first kappa shape index (κ1) is 18.7. The summed E-state index contributed by atoms with van der Waals surface area (Å²) in [6.45, 7) is 0.271. The van der Waals surface area contributed by atoms with Crippen molar-refractivity contribution in [2.75, 3.05) is 6.61 Å². The third-order valence-electron chi connectivity index (χ3n) is 2.84. The fourth-order valence-electron chi connectivity index (χ4n) is 1.73. The molecule has 128 valence electrons. The zero-order valence-corrected chi connectivity index (χ0v) is 12.4. The minimum atomic E-state index is -4.57. The number of carbonyl (C=O) groups is 2. The number of amides is 1. The highest BCUT2D eigenvalue weighted by Gasteiger charge is 2.30. The summed E-state index contributed by atoms with van der Waals surface area (Å²) in [6, 6.07) is 1.43. The van der Waals surface area contributed by atoms with Gasteiger partial charge in [-0.05, 0) is 18.6 Å². The number of nitrogens with zero attached hydrogens (tertiary/aromatic N) is 1. The van der Waals surface area contributed by atoms with Crippen LogP contribution in [0.1, 0.15) is 36.5 Å². The lowest BCUT2D eigenvalue weighted by Gasteiger charge is -2.16. The highest BCUT2D eigenvalue weighted by molar-refractivity contribution is 5.98. The van der Waals surface area contributed by atoms with Gasteiger partial charge in [0.1, 0.15) is 11.6 Å². The fraction of sp³-hybridized carbons (Fsp3) is 0.500. The molecule has 0 aliphatic rings. The third kappa shape index (κ3) is 6.54. The number of halogens is 3. The van der Waals surface area contributed by atoms with Crippen molar-refractivity contribution >= 4 is 11.9 Å². The van der Waals surface area contributed by atoms with Gasteiger partial charge in [-0.2, -0.15) is 13.2 Å². The van der Waals surface area contributed by atoms with E-state index < -0.39 is 36.6 Å². The molecule has 2 N–H and O–H groups in total. The smallest absolute Gasteiger partial charge is 0.422 e. The third-order valence-corrected chi connectivity index (χ3v) is 2.84. The van der Waals surface area contributed by atoms with Gasteiger partial charge in [0.2, 0.25) is 5.88 Å². The lowest BCUT2D eigenvalue weighted by atomic mass is 10.1. The van der Waals surface area contributed by atoms with Crippen LogP contribution in [0.25, 0.3) is 0 Å². The number of carboxylic acid groups (broad SMARTS) is 1. The number of carbonyl (C=O) groups excluding carboxylic acids is 1. The van der Waals surface area contributed by atoms with E-state index in [1.165, 1.54) is 18.3 Å². The lowest BCUT2D eigenvalue weighted by Crippen LogP contribution is -2.41. The van der Waals surface area contributed by atoms with Gasteiger partial charge in [-0.3, -0.25) is 4.79 Å². The van der Waals surface area contributed by atoms with Crippen LogP contribution in [0.2, 0.25) is 0 Å². The van der Waals surface area contributed by atoms with E-state index in [0.29, 0.717) is 6.42 Å². The van der Waals surface area contributed by atoms with E-state index in [-0.39, 0.29) is 12.0 Å². The summed E-state index contributed by atoms with van der Waals surface area (Å²) in [5, 5.41) is 11.3. The van der Waals surface area contributed by atoms with Crippen molar-refractivity contribution in [2.24, 2.45) is 0 Å². The summed E-state index contributed by atoms with van der Waals surface area (Å²) in [4.78, 5) is 26.8. The quantitative estimate of drug-likeness (QED) is 0.762. The number of ether oxygens (including phenoxy) is 1. The van der Waals surface area contributed by atoms with Gasteiger partial charge in [0.25, 0.3) is 5.91 Å². The Morgan fingerprint density at radius 2 is 2.13 bits per heavy atom. The van der Waals surface area contributed by atoms with Crippen LogP contribution in [0.5, 0.6) is 5.88 Å². The van der Waals surface area contributed by atoms with Crippen LogP contribution in [0.15, 0.2) is 18.3 Å². The number of hydrogen-bond donors (Lipinski definition) is 2. The predicted octanol–water partition coefficient (Wildman–Crippen LogP) is 2.40. The molecule has 1 rings (SSSR count). The van der Waals surface area contributed by atoms with Crippen LogP contribution >= 0.6 is 0 Å². The van der Waals surface area contributed by atoms with Crippen molar-refractivity contribution in [3.63, 3.8) is 0 Å². The predicted molar refractivity (Wildman–Crippen MR) is 74.2 cm³/mol. The largest absolute Gasteiger partial charge is 0.480 e.